The van der Waals surface area contributed by atoms with Crippen molar-refractivity contribution >= 4 is 79.7 Å². The Labute approximate surface area is 323 Å². The predicted octanol–water partition coefficient (Wildman–Crippen LogP) is 12.8. The van der Waals surface area contributed by atoms with Gasteiger partial charge >= 0.3 is 0 Å². The molecule has 4 heterocycles. The summed E-state index contributed by atoms with van der Waals surface area (Å²) in [6, 6.07) is 12.7. The van der Waals surface area contributed by atoms with E-state index >= 15 is 0 Å². The van der Waals surface area contributed by atoms with Crippen LogP contribution in [0.15, 0.2) is 42.4 Å². The molecule has 269 valence electrons. The first kappa shape index (κ1) is 40.2. The van der Waals surface area contributed by atoms with Gasteiger partial charge in [0.15, 0.2) is 5.78 Å². The summed E-state index contributed by atoms with van der Waals surface area (Å²) >= 11 is 5.36. The summed E-state index contributed by atoms with van der Waals surface area (Å²) in [5, 5.41) is 13.4. The third-order valence-electron chi connectivity index (χ3n) is 9.29. The smallest absolute Gasteiger partial charge is 0.162 e. The minimum Gasteiger partial charge on any atom is -0.512 e. The third kappa shape index (κ3) is 8.39. The fourth-order valence-electron chi connectivity index (χ4n) is 6.54. The van der Waals surface area contributed by atoms with Gasteiger partial charge in [0.25, 0.3) is 0 Å². The zero-order chi connectivity index (χ0) is 35.6. The molecule has 0 saturated carbocycles. The summed E-state index contributed by atoms with van der Waals surface area (Å²) in [5.74, 6) is 1.16. The number of nitrogens with zero attached hydrogens (tertiary/aromatic N) is 3. The molecule has 0 spiro atoms. The number of carbonyl (C=O) groups excluding carboxylic acids is 1. The molecule has 0 bridgehead atoms. The molecule has 0 atom stereocenters. The molecule has 0 unspecified atom stereocenters. The first-order chi connectivity index (χ1) is 23.3. The molecule has 0 saturated heterocycles. The maximum atomic E-state index is 11.7. The predicted molar refractivity (Wildman–Crippen MR) is 214 cm³/mol. The number of thiazole rings is 1. The topological polar surface area (TPSA) is 76.0 Å². The van der Waals surface area contributed by atoms with Gasteiger partial charge in [-0.2, -0.15) is 0 Å². The molecular weight excluding hydrogens is 855 g/mol. The zero-order valence-corrected chi connectivity index (χ0v) is 35.8. The Balaban J connectivity index is 0.000000301. The number of allylic oxidation sites excluding steroid dienone is 2. The van der Waals surface area contributed by atoms with Gasteiger partial charge in [0.1, 0.15) is 11.2 Å². The van der Waals surface area contributed by atoms with Gasteiger partial charge in [-0.05, 0) is 60.6 Å². The van der Waals surface area contributed by atoms with E-state index in [1.165, 1.54) is 42.1 Å². The Morgan fingerprint density at radius 3 is 2.24 bits per heavy atom. The summed E-state index contributed by atoms with van der Waals surface area (Å²) < 4.78 is 4.95. The summed E-state index contributed by atoms with van der Waals surface area (Å²) in [5.41, 5.74) is 5.80. The van der Waals surface area contributed by atoms with Crippen molar-refractivity contribution in [2.75, 3.05) is 0 Å². The van der Waals surface area contributed by atoms with Crippen molar-refractivity contribution in [1.82, 2.24) is 15.0 Å². The van der Waals surface area contributed by atoms with Crippen LogP contribution in [0.25, 0.3) is 51.2 Å². The Kier molecular flexibility index (Phi) is 13.6. The Morgan fingerprint density at radius 2 is 1.62 bits per heavy atom. The van der Waals surface area contributed by atoms with E-state index in [4.69, 9.17) is 15.0 Å². The number of hydrogen-bond donors (Lipinski definition) is 1. The first-order valence-electron chi connectivity index (χ1n) is 17.7. The van der Waals surface area contributed by atoms with E-state index < -0.39 is 0 Å². The van der Waals surface area contributed by atoms with Crippen molar-refractivity contribution in [2.24, 2.45) is 17.8 Å². The van der Waals surface area contributed by atoms with Crippen LogP contribution in [0.2, 0.25) is 0 Å². The second kappa shape index (κ2) is 16.9. The molecule has 0 aliphatic carbocycles. The minimum absolute atomic E-state index is 0. The van der Waals surface area contributed by atoms with Gasteiger partial charge in [-0.15, -0.1) is 57.3 Å². The monoisotopic (exact) mass is 905 g/mol. The van der Waals surface area contributed by atoms with Crippen molar-refractivity contribution in [3.05, 3.63) is 64.6 Å². The maximum absolute atomic E-state index is 11.7. The third-order valence-corrected chi connectivity index (χ3v) is 12.7. The second-order valence-corrected chi connectivity index (χ2v) is 17.6. The van der Waals surface area contributed by atoms with Gasteiger partial charge in [0.05, 0.1) is 16.3 Å². The summed E-state index contributed by atoms with van der Waals surface area (Å²) in [6.07, 6.45) is 7.69. The van der Waals surface area contributed by atoms with Crippen LogP contribution in [0.1, 0.15) is 104 Å². The maximum Gasteiger partial charge on any atom is 0.162 e. The molecule has 6 rings (SSSR count). The van der Waals surface area contributed by atoms with Gasteiger partial charge in [0.2, 0.25) is 0 Å². The van der Waals surface area contributed by atoms with Crippen LogP contribution < -0.4 is 0 Å². The largest absolute Gasteiger partial charge is 0.512 e. The molecule has 1 N–H and O–H groups in total. The van der Waals surface area contributed by atoms with E-state index in [2.05, 4.69) is 71.9 Å². The van der Waals surface area contributed by atoms with Gasteiger partial charge in [0, 0.05) is 63.2 Å². The van der Waals surface area contributed by atoms with Crippen molar-refractivity contribution in [2.45, 2.75) is 107 Å². The van der Waals surface area contributed by atoms with Crippen LogP contribution in [0.4, 0.5) is 0 Å². The summed E-state index contributed by atoms with van der Waals surface area (Å²) in [7, 11) is 0. The first-order valence-corrected chi connectivity index (χ1v) is 20.1. The molecule has 2 aromatic carbocycles. The van der Waals surface area contributed by atoms with E-state index in [0.717, 1.165) is 63.4 Å². The van der Waals surface area contributed by atoms with Gasteiger partial charge in [-0.1, -0.05) is 85.9 Å². The van der Waals surface area contributed by atoms with Crippen LogP contribution in [-0.4, -0.2) is 25.8 Å². The molecule has 1 radical (unpaired) electrons. The van der Waals surface area contributed by atoms with Crippen LogP contribution >= 0.6 is 34.0 Å². The number of carbonyl (C=O) groups is 1. The number of hydrogen-bond acceptors (Lipinski definition) is 8. The fraction of sp³-hybridized carbons (Fsp3) is 0.463. The fourth-order valence-corrected chi connectivity index (χ4v) is 10.1. The van der Waals surface area contributed by atoms with E-state index in [1.807, 2.05) is 39.0 Å². The van der Waals surface area contributed by atoms with E-state index in [1.54, 1.807) is 29.0 Å². The van der Waals surface area contributed by atoms with E-state index in [0.29, 0.717) is 5.92 Å². The number of fused-ring (bicyclic) bond motifs is 6. The molecule has 0 aliphatic heterocycles. The molecule has 0 fully saturated rings. The van der Waals surface area contributed by atoms with Crippen molar-refractivity contribution in [3.63, 3.8) is 0 Å². The Hall–Kier alpha value is -2.55. The second-order valence-electron chi connectivity index (χ2n) is 14.4. The Bertz CT molecular complexity index is 2130. The van der Waals surface area contributed by atoms with Crippen LogP contribution in [0, 0.1) is 30.7 Å². The number of aliphatic hydroxyl groups is 1. The van der Waals surface area contributed by atoms with Crippen molar-refractivity contribution in [3.8, 4) is 11.3 Å². The number of benzene rings is 2. The molecule has 4 aromatic heterocycles. The van der Waals surface area contributed by atoms with Crippen LogP contribution in [0.5, 0.6) is 0 Å². The molecule has 6 aromatic rings. The van der Waals surface area contributed by atoms with Crippen LogP contribution in [0.3, 0.4) is 0 Å². The minimum atomic E-state index is -0.00919. The summed E-state index contributed by atoms with van der Waals surface area (Å²) in [4.78, 5) is 27.1. The Morgan fingerprint density at radius 1 is 0.940 bits per heavy atom. The SMILES string of the molecule is CCC(CC)C(=O)/C=C(\O)C(CC)CC.Cc1nc2sc3[c-]c(-c4ncnc5c4sc4c(CC(C)C)cccc45)cc(C(C)(C)C)c3c2s1.[Ir]. The van der Waals surface area contributed by atoms with Crippen LogP contribution in [-0.2, 0) is 36.7 Å². The normalized spacial score (nSPS) is 12.5. The van der Waals surface area contributed by atoms with Gasteiger partial charge in [-0.25, -0.2) is 9.97 Å². The van der Waals surface area contributed by atoms with E-state index in [9.17, 15) is 9.90 Å². The molecule has 9 heteroatoms. The number of rotatable bonds is 10. The van der Waals surface area contributed by atoms with Crippen molar-refractivity contribution < 1.29 is 30.0 Å². The van der Waals surface area contributed by atoms with Gasteiger partial charge < -0.3 is 5.11 Å². The number of aryl methyl sites for hydroxylation is 1. The zero-order valence-electron chi connectivity index (χ0n) is 31.0. The van der Waals surface area contributed by atoms with Gasteiger partial charge in [-0.3, -0.25) is 9.78 Å². The quantitative estimate of drug-likeness (QED) is 0.0842. The average molecular weight is 905 g/mol. The van der Waals surface area contributed by atoms with E-state index in [-0.39, 0.29) is 48.9 Å². The standard InChI is InChI=1S/C28H26N3S3.C13H24O2.Ir/c1-14(2)10-16-8-7-9-18-23-26(34-24(16)18)22(29-13-30-23)17-11-19(28(4,5)6)21-20(12-17)33-27-25(21)32-15(3)31-27;1-5-10(6-2)12(14)9-13(15)11(7-3)8-4;/h7-9,11,13-14H,10H2,1-6H3;9-11,14H,5-8H2,1-4H3;/q-1;;/b;12-9-;. The molecule has 0 amide bonds. The number of aliphatic hydroxyl groups excluding tert-OH is 1. The summed E-state index contributed by atoms with van der Waals surface area (Å²) in [6.45, 7) is 21.6. The number of aromatic nitrogens is 3. The molecule has 0 aliphatic rings. The number of ketones is 1. The molecular formula is C41H50IrN3O2S3-. The molecule has 5 nitrogen and oxygen atoms in total. The average Bonchev–Trinajstić information content (AvgIpc) is 3.71. The molecule has 50 heavy (non-hydrogen) atoms. The number of thiophene rings is 2. The van der Waals surface area contributed by atoms with Crippen molar-refractivity contribution in [1.29, 1.82) is 0 Å².